The van der Waals surface area contributed by atoms with Crippen molar-refractivity contribution in [1.82, 2.24) is 0 Å². The van der Waals surface area contributed by atoms with Gasteiger partial charge in [0.15, 0.2) is 21.8 Å². The Bertz CT molecular complexity index is 965. The van der Waals surface area contributed by atoms with Gasteiger partial charge in [0.05, 0.1) is 25.7 Å². The third-order valence-electron chi connectivity index (χ3n) is 3.76. The van der Waals surface area contributed by atoms with Crippen molar-refractivity contribution in [3.05, 3.63) is 47.5 Å². The monoisotopic (exact) mass is 420 g/mol. The van der Waals surface area contributed by atoms with E-state index in [1.165, 1.54) is 14.2 Å². The molecule has 0 radical (unpaired) electrons. The lowest BCUT2D eigenvalue weighted by atomic mass is 10.2. The van der Waals surface area contributed by atoms with Gasteiger partial charge in [0, 0.05) is 0 Å². The third-order valence-corrected chi connectivity index (χ3v) is 5.31. The molecule has 0 fully saturated rings. The highest BCUT2D eigenvalue weighted by Crippen LogP contribution is 2.31. The summed E-state index contributed by atoms with van der Waals surface area (Å²) in [7, 11) is -0.586. The Morgan fingerprint density at radius 3 is 1.48 bits per heavy atom. The van der Waals surface area contributed by atoms with Crippen molar-refractivity contribution in [3.8, 4) is 11.5 Å². The van der Waals surface area contributed by atoms with Gasteiger partial charge in [0.25, 0.3) is 0 Å². The van der Waals surface area contributed by atoms with Crippen molar-refractivity contribution in [2.24, 2.45) is 32.9 Å². The Labute approximate surface area is 169 Å². The van der Waals surface area contributed by atoms with Crippen LogP contribution in [0.4, 0.5) is 11.4 Å². The minimum absolute atomic E-state index is 0.159. The van der Waals surface area contributed by atoms with Gasteiger partial charge in [-0.1, -0.05) is 12.1 Å². The predicted molar refractivity (Wildman–Crippen MR) is 113 cm³/mol. The van der Waals surface area contributed by atoms with Crippen LogP contribution in [0.2, 0.25) is 0 Å². The largest absolute Gasteiger partial charge is 0.494 e. The van der Waals surface area contributed by atoms with E-state index in [9.17, 15) is 8.42 Å². The molecule has 0 amide bonds. The number of nitrogens with two attached hydrogens (primary N) is 4. The van der Waals surface area contributed by atoms with Gasteiger partial charge in [0.1, 0.15) is 22.9 Å². The highest BCUT2D eigenvalue weighted by Gasteiger charge is 2.16. The molecular formula is C18H24N6O4S. The summed E-state index contributed by atoms with van der Waals surface area (Å²) in [6.07, 6.45) is 0. The van der Waals surface area contributed by atoms with Crippen molar-refractivity contribution in [1.29, 1.82) is 0 Å². The molecule has 8 N–H and O–H groups in total. The number of sulfone groups is 1. The maximum absolute atomic E-state index is 12.7. The van der Waals surface area contributed by atoms with E-state index in [4.69, 9.17) is 32.4 Å². The standard InChI is InChI=1S/C18H24N6O4S/c1-27-15-5-3-11(7-13(15)23-17(19)20)9-29(25,26)10-12-4-6-16(28-2)14(8-12)24-18(21)22/h3-8H,9-10H2,1-2H3,(H4,19,20,23)(H4,21,22,24). The number of benzene rings is 2. The van der Waals surface area contributed by atoms with Gasteiger partial charge in [-0.2, -0.15) is 0 Å². The van der Waals surface area contributed by atoms with Crippen LogP contribution in [-0.2, 0) is 21.3 Å². The summed E-state index contributed by atoms with van der Waals surface area (Å²) in [5.41, 5.74) is 23.4. The van der Waals surface area contributed by atoms with E-state index in [2.05, 4.69) is 9.98 Å². The normalized spacial score (nSPS) is 10.8. The quantitative estimate of drug-likeness (QED) is 0.354. The minimum atomic E-state index is -3.52. The Morgan fingerprint density at radius 1 is 0.793 bits per heavy atom. The molecule has 2 aromatic carbocycles. The summed E-state index contributed by atoms with van der Waals surface area (Å²) in [4.78, 5) is 7.93. The first kappa shape index (κ1) is 21.8. The third kappa shape index (κ3) is 6.28. The van der Waals surface area contributed by atoms with Crippen molar-refractivity contribution in [3.63, 3.8) is 0 Å². The van der Waals surface area contributed by atoms with Crippen LogP contribution in [-0.4, -0.2) is 34.6 Å². The molecular weight excluding hydrogens is 396 g/mol. The van der Waals surface area contributed by atoms with E-state index in [0.717, 1.165) is 0 Å². The number of rotatable bonds is 8. The van der Waals surface area contributed by atoms with Crippen molar-refractivity contribution >= 4 is 33.1 Å². The van der Waals surface area contributed by atoms with E-state index in [-0.39, 0.29) is 23.4 Å². The molecule has 0 heterocycles. The zero-order chi connectivity index (χ0) is 21.6. The fourth-order valence-corrected chi connectivity index (χ4v) is 4.14. The predicted octanol–water partition coefficient (Wildman–Crippen LogP) is 0.629. The van der Waals surface area contributed by atoms with Crippen LogP contribution < -0.4 is 32.4 Å². The van der Waals surface area contributed by atoms with Crippen LogP contribution in [0.3, 0.4) is 0 Å². The van der Waals surface area contributed by atoms with Crippen LogP contribution in [0.25, 0.3) is 0 Å². The van der Waals surface area contributed by atoms with Crippen LogP contribution in [0.1, 0.15) is 11.1 Å². The maximum atomic E-state index is 12.7. The second kappa shape index (κ2) is 9.15. The number of ether oxygens (including phenoxy) is 2. The molecule has 11 heteroatoms. The molecule has 10 nitrogen and oxygen atoms in total. The van der Waals surface area contributed by atoms with Gasteiger partial charge in [-0.25, -0.2) is 18.4 Å². The van der Waals surface area contributed by atoms with Crippen LogP contribution >= 0.6 is 0 Å². The molecule has 0 aromatic heterocycles. The highest BCUT2D eigenvalue weighted by molar-refractivity contribution is 7.89. The molecule has 0 saturated carbocycles. The molecule has 0 spiro atoms. The smallest absolute Gasteiger partial charge is 0.191 e. The number of guanidine groups is 2. The molecule has 2 aromatic rings. The number of hydrogen-bond donors (Lipinski definition) is 4. The van der Waals surface area contributed by atoms with E-state index in [0.29, 0.717) is 34.0 Å². The van der Waals surface area contributed by atoms with Gasteiger partial charge in [0.2, 0.25) is 0 Å². The molecule has 0 saturated heterocycles. The molecule has 156 valence electrons. The van der Waals surface area contributed by atoms with Gasteiger partial charge >= 0.3 is 0 Å². The molecule has 0 bridgehead atoms. The van der Waals surface area contributed by atoms with Crippen LogP contribution in [0, 0.1) is 0 Å². The fraction of sp³-hybridized carbons (Fsp3) is 0.222. The summed E-state index contributed by atoms with van der Waals surface area (Å²) in [5, 5.41) is 0. The first-order chi connectivity index (χ1) is 13.6. The molecule has 0 aliphatic carbocycles. The number of hydrogen-bond acceptors (Lipinski definition) is 6. The number of nitrogens with zero attached hydrogens (tertiary/aromatic N) is 2. The fourth-order valence-electron chi connectivity index (χ4n) is 2.66. The summed E-state index contributed by atoms with van der Waals surface area (Å²) in [6.45, 7) is 0. The second-order valence-electron chi connectivity index (χ2n) is 6.12. The van der Waals surface area contributed by atoms with Gasteiger partial charge in [-0.15, -0.1) is 0 Å². The number of methoxy groups -OCH3 is 2. The van der Waals surface area contributed by atoms with E-state index in [1.54, 1.807) is 36.4 Å². The van der Waals surface area contributed by atoms with E-state index in [1.807, 2.05) is 0 Å². The van der Waals surface area contributed by atoms with Crippen LogP contribution in [0.5, 0.6) is 11.5 Å². The van der Waals surface area contributed by atoms with E-state index >= 15 is 0 Å². The average molecular weight is 420 g/mol. The van der Waals surface area contributed by atoms with Gasteiger partial charge < -0.3 is 32.4 Å². The zero-order valence-electron chi connectivity index (χ0n) is 16.1. The Balaban J connectivity index is 2.29. The van der Waals surface area contributed by atoms with Crippen molar-refractivity contribution < 1.29 is 17.9 Å². The summed E-state index contributed by atoms with van der Waals surface area (Å²) in [5.74, 6) is 0.108. The molecule has 2 rings (SSSR count). The molecule has 0 unspecified atom stereocenters. The molecule has 0 atom stereocenters. The van der Waals surface area contributed by atoms with E-state index < -0.39 is 9.84 Å². The lowest BCUT2D eigenvalue weighted by Crippen LogP contribution is -2.22. The highest BCUT2D eigenvalue weighted by atomic mass is 32.2. The summed E-state index contributed by atoms with van der Waals surface area (Å²) < 4.78 is 35.8. The molecule has 0 aliphatic rings. The maximum Gasteiger partial charge on any atom is 0.191 e. The zero-order valence-corrected chi connectivity index (χ0v) is 16.9. The van der Waals surface area contributed by atoms with Gasteiger partial charge in [-0.3, -0.25) is 0 Å². The lowest BCUT2D eigenvalue weighted by molar-refractivity contribution is 0.416. The van der Waals surface area contributed by atoms with Gasteiger partial charge in [-0.05, 0) is 35.4 Å². The minimum Gasteiger partial charge on any atom is -0.494 e. The average Bonchev–Trinajstić information content (AvgIpc) is 2.60. The Hall–Kier alpha value is -3.47. The van der Waals surface area contributed by atoms with Crippen LogP contribution in [0.15, 0.2) is 46.4 Å². The topological polar surface area (TPSA) is 181 Å². The Kier molecular flexibility index (Phi) is 6.89. The second-order valence-corrected chi connectivity index (χ2v) is 8.18. The van der Waals surface area contributed by atoms with Crippen molar-refractivity contribution in [2.45, 2.75) is 11.5 Å². The first-order valence-corrected chi connectivity index (χ1v) is 10.2. The first-order valence-electron chi connectivity index (χ1n) is 8.37. The summed E-state index contributed by atoms with van der Waals surface area (Å²) in [6, 6.07) is 9.62. The molecule has 29 heavy (non-hydrogen) atoms. The molecule has 0 aliphatic heterocycles. The SMILES string of the molecule is COc1ccc(CS(=O)(=O)Cc2ccc(OC)c(N=C(N)N)c2)cc1N=C(N)N. The number of aliphatic imine (C=N–C) groups is 2. The van der Waals surface area contributed by atoms with Crippen molar-refractivity contribution in [2.75, 3.05) is 14.2 Å². The summed E-state index contributed by atoms with van der Waals surface area (Å²) >= 11 is 0. The Morgan fingerprint density at radius 2 is 1.17 bits per heavy atom. The lowest BCUT2D eigenvalue weighted by Gasteiger charge is -2.10.